The smallest absolute Gasteiger partial charge is 0.313 e. The fraction of sp³-hybridized carbons (Fsp3) is 0.536. The van der Waals surface area contributed by atoms with Gasteiger partial charge in [-0.2, -0.15) is 0 Å². The number of amides is 2. The second-order valence-corrected chi connectivity index (χ2v) is 10.2. The van der Waals surface area contributed by atoms with Gasteiger partial charge in [-0.05, 0) is 50.5 Å². The summed E-state index contributed by atoms with van der Waals surface area (Å²) in [6.45, 7) is 3.85. The highest BCUT2D eigenvalue weighted by atomic mass is 16.6. The van der Waals surface area contributed by atoms with E-state index in [4.69, 9.17) is 14.2 Å². The number of allylic oxidation sites excluding steroid dienone is 1. The minimum Gasteiger partial charge on any atom is -0.497 e. The van der Waals surface area contributed by atoms with E-state index in [2.05, 4.69) is 0 Å². The maximum Gasteiger partial charge on any atom is 0.313 e. The number of aliphatic hydroxyl groups is 1. The minimum atomic E-state index is -1.39. The van der Waals surface area contributed by atoms with Gasteiger partial charge < -0.3 is 29.1 Å². The number of likely N-dealkylation sites (tertiary alicyclic amines) is 1. The van der Waals surface area contributed by atoms with Gasteiger partial charge in [0.05, 0.1) is 37.9 Å². The molecule has 1 unspecified atom stereocenters. The van der Waals surface area contributed by atoms with Gasteiger partial charge >= 0.3 is 5.97 Å². The number of nitrogens with zero attached hydrogens (tertiary/aromatic N) is 2. The van der Waals surface area contributed by atoms with Crippen LogP contribution in [0.5, 0.6) is 5.75 Å². The molecular formula is C28H34N2O7. The molecule has 9 heteroatoms. The minimum absolute atomic E-state index is 0.255. The molecule has 5 rings (SSSR count). The van der Waals surface area contributed by atoms with Crippen molar-refractivity contribution in [2.75, 3.05) is 31.8 Å². The Morgan fingerprint density at radius 1 is 1.11 bits per heavy atom. The van der Waals surface area contributed by atoms with Crippen LogP contribution in [0.15, 0.2) is 48.6 Å². The summed E-state index contributed by atoms with van der Waals surface area (Å²) in [6.07, 6.45) is 9.25. The molecule has 1 aromatic rings. The Balaban J connectivity index is 1.65. The largest absolute Gasteiger partial charge is 0.497 e. The monoisotopic (exact) mass is 510 g/mol. The van der Waals surface area contributed by atoms with Crippen molar-refractivity contribution < 1.29 is 33.7 Å². The van der Waals surface area contributed by atoms with E-state index in [1.165, 1.54) is 4.90 Å². The number of carbonyl (C=O) groups excluding carboxylic acids is 3. The molecule has 4 aliphatic heterocycles. The quantitative estimate of drug-likeness (QED) is 0.478. The number of hydrogen-bond acceptors (Lipinski definition) is 7. The van der Waals surface area contributed by atoms with Crippen LogP contribution >= 0.6 is 0 Å². The van der Waals surface area contributed by atoms with Gasteiger partial charge in [-0.25, -0.2) is 0 Å². The van der Waals surface area contributed by atoms with Crippen LogP contribution in [-0.2, 0) is 23.9 Å². The van der Waals surface area contributed by atoms with Crippen LogP contribution in [0.1, 0.15) is 33.1 Å². The lowest BCUT2D eigenvalue weighted by molar-refractivity contribution is -0.159. The molecule has 198 valence electrons. The first kappa shape index (κ1) is 25.5. The molecule has 1 N–H and O–H groups in total. The first-order valence-corrected chi connectivity index (χ1v) is 12.9. The van der Waals surface area contributed by atoms with Gasteiger partial charge in [0.15, 0.2) is 0 Å². The molecule has 0 aromatic heterocycles. The molecule has 2 amide bonds. The van der Waals surface area contributed by atoms with Crippen LogP contribution < -0.4 is 9.64 Å². The average Bonchev–Trinajstić information content (AvgIpc) is 3.25. The fourth-order valence-corrected chi connectivity index (χ4v) is 6.37. The zero-order chi connectivity index (χ0) is 26.4. The summed E-state index contributed by atoms with van der Waals surface area (Å²) < 4.78 is 17.6. The second kappa shape index (κ2) is 9.61. The third kappa shape index (κ3) is 3.87. The fourth-order valence-electron chi connectivity index (χ4n) is 6.37. The Kier molecular flexibility index (Phi) is 6.62. The standard InChI is InChI=1S/C28H34N2O7/c1-4-18(17-31)30-23-25(33)29(19-9-11-20(35-3)12-10-19)15-8-14-28(23)21(24(30)32)22-26(34)36-16-7-5-6-13-27(22,2)37-28/h6,8-14,18,21-23,31H,4-5,7,15-17H2,1-3H3/b13-6-/t18-,21-,22-,23?,27+,28-/m0/s1. The summed E-state index contributed by atoms with van der Waals surface area (Å²) in [6, 6.07) is 5.46. The molecule has 0 aliphatic carbocycles. The van der Waals surface area contributed by atoms with E-state index in [1.807, 2.05) is 25.2 Å². The summed E-state index contributed by atoms with van der Waals surface area (Å²) in [5.74, 6) is -2.44. The molecule has 0 radical (unpaired) electrons. The molecule has 37 heavy (non-hydrogen) atoms. The second-order valence-electron chi connectivity index (χ2n) is 10.2. The number of rotatable bonds is 5. The van der Waals surface area contributed by atoms with Gasteiger partial charge in [0.25, 0.3) is 5.91 Å². The number of ether oxygens (including phenoxy) is 3. The van der Waals surface area contributed by atoms with Gasteiger partial charge in [0, 0.05) is 12.2 Å². The molecule has 0 saturated carbocycles. The SMILES string of the molecule is CC[C@@H](CO)N1C(=O)[C@@H]2[C@H]3C(=O)OCCC/C=C\[C@@]3(C)O[C@@]23C=CCN(c2ccc(OC)cc2)C(=O)C13. The average molecular weight is 511 g/mol. The molecule has 2 fully saturated rings. The maximum atomic E-state index is 14.4. The third-order valence-corrected chi connectivity index (χ3v) is 8.15. The summed E-state index contributed by atoms with van der Waals surface area (Å²) in [7, 11) is 1.57. The Morgan fingerprint density at radius 3 is 2.54 bits per heavy atom. The first-order chi connectivity index (χ1) is 17.8. The molecule has 4 aliphatic rings. The normalized spacial score (nSPS) is 34.9. The van der Waals surface area contributed by atoms with Gasteiger partial charge in [0.1, 0.15) is 23.3 Å². The van der Waals surface area contributed by atoms with E-state index in [9.17, 15) is 19.5 Å². The molecule has 1 spiro atoms. The Hall–Kier alpha value is -3.17. The topological polar surface area (TPSA) is 106 Å². The van der Waals surface area contributed by atoms with E-state index in [0.717, 1.165) is 0 Å². The Morgan fingerprint density at radius 2 is 1.86 bits per heavy atom. The van der Waals surface area contributed by atoms with E-state index in [-0.39, 0.29) is 31.6 Å². The molecule has 4 heterocycles. The Bertz CT molecular complexity index is 1130. The van der Waals surface area contributed by atoms with Gasteiger partial charge in [-0.3, -0.25) is 14.4 Å². The van der Waals surface area contributed by atoms with Crippen LogP contribution in [-0.4, -0.2) is 77.9 Å². The predicted molar refractivity (Wildman–Crippen MR) is 135 cm³/mol. The number of anilines is 1. The van der Waals surface area contributed by atoms with Crippen LogP contribution in [0.25, 0.3) is 0 Å². The van der Waals surface area contributed by atoms with Crippen molar-refractivity contribution in [2.45, 2.75) is 56.4 Å². The van der Waals surface area contributed by atoms with Crippen LogP contribution in [0.4, 0.5) is 5.69 Å². The highest BCUT2D eigenvalue weighted by Crippen LogP contribution is 2.57. The summed E-state index contributed by atoms with van der Waals surface area (Å²) in [4.78, 5) is 45.0. The van der Waals surface area contributed by atoms with E-state index in [1.54, 1.807) is 49.3 Å². The van der Waals surface area contributed by atoms with Crippen LogP contribution in [0.2, 0.25) is 0 Å². The van der Waals surface area contributed by atoms with Crippen LogP contribution in [0.3, 0.4) is 0 Å². The molecule has 9 nitrogen and oxygen atoms in total. The molecule has 1 aromatic carbocycles. The van der Waals surface area contributed by atoms with E-state index in [0.29, 0.717) is 30.7 Å². The van der Waals surface area contributed by atoms with Crippen molar-refractivity contribution in [3.05, 3.63) is 48.6 Å². The van der Waals surface area contributed by atoms with Crippen molar-refractivity contribution in [3.8, 4) is 5.75 Å². The number of fused-ring (bicyclic) bond motifs is 2. The number of hydrogen-bond donors (Lipinski definition) is 1. The number of methoxy groups -OCH3 is 1. The lowest BCUT2D eigenvalue weighted by atomic mass is 9.74. The molecule has 6 atom stereocenters. The van der Waals surface area contributed by atoms with Crippen molar-refractivity contribution in [1.29, 1.82) is 0 Å². The first-order valence-electron chi connectivity index (χ1n) is 12.9. The van der Waals surface area contributed by atoms with Crippen molar-refractivity contribution in [1.82, 2.24) is 4.90 Å². The number of benzene rings is 1. The van der Waals surface area contributed by atoms with E-state index >= 15 is 0 Å². The summed E-state index contributed by atoms with van der Waals surface area (Å²) in [5, 5.41) is 10.2. The number of aliphatic hydroxyl groups excluding tert-OH is 1. The molecular weight excluding hydrogens is 476 g/mol. The predicted octanol–water partition coefficient (Wildman–Crippen LogP) is 2.23. The van der Waals surface area contributed by atoms with Crippen molar-refractivity contribution >= 4 is 23.5 Å². The molecule has 2 saturated heterocycles. The van der Waals surface area contributed by atoms with E-state index < -0.39 is 41.1 Å². The van der Waals surface area contributed by atoms with Crippen LogP contribution in [0, 0.1) is 11.8 Å². The van der Waals surface area contributed by atoms with Gasteiger partial charge in [-0.15, -0.1) is 0 Å². The summed E-state index contributed by atoms with van der Waals surface area (Å²) >= 11 is 0. The lowest BCUT2D eigenvalue weighted by Gasteiger charge is -2.40. The highest BCUT2D eigenvalue weighted by molar-refractivity contribution is 6.05. The third-order valence-electron chi connectivity index (χ3n) is 8.15. The molecule has 0 bridgehead atoms. The Labute approximate surface area is 216 Å². The summed E-state index contributed by atoms with van der Waals surface area (Å²) in [5.41, 5.74) is -1.88. The number of carbonyl (C=O) groups is 3. The highest BCUT2D eigenvalue weighted by Gasteiger charge is 2.75. The van der Waals surface area contributed by atoms with Crippen molar-refractivity contribution in [3.63, 3.8) is 0 Å². The zero-order valence-corrected chi connectivity index (χ0v) is 21.5. The number of esters is 1. The zero-order valence-electron chi connectivity index (χ0n) is 21.5. The van der Waals surface area contributed by atoms with Crippen molar-refractivity contribution in [2.24, 2.45) is 11.8 Å². The number of cyclic esters (lactones) is 1. The van der Waals surface area contributed by atoms with Gasteiger partial charge in [0.2, 0.25) is 5.91 Å². The lowest BCUT2D eigenvalue weighted by Crippen LogP contribution is -2.58. The van der Waals surface area contributed by atoms with Gasteiger partial charge in [-0.1, -0.05) is 31.2 Å². The maximum absolute atomic E-state index is 14.4.